The first-order chi connectivity index (χ1) is 14.1. The minimum atomic E-state index is -0.266. The summed E-state index contributed by atoms with van der Waals surface area (Å²) in [5.41, 5.74) is 4.48. The van der Waals surface area contributed by atoms with Crippen LogP contribution in [0.3, 0.4) is 0 Å². The lowest BCUT2D eigenvalue weighted by Crippen LogP contribution is -2.31. The lowest BCUT2D eigenvalue weighted by Gasteiger charge is -2.39. The number of hydrogen-bond donors (Lipinski definition) is 0. The number of anilines is 2. The molecule has 0 fully saturated rings. The topological polar surface area (TPSA) is 32.8 Å². The van der Waals surface area contributed by atoms with E-state index in [4.69, 9.17) is 11.6 Å². The van der Waals surface area contributed by atoms with E-state index in [1.807, 2.05) is 41.4 Å². The van der Waals surface area contributed by atoms with Crippen LogP contribution in [-0.2, 0) is 6.54 Å². The van der Waals surface area contributed by atoms with Crippen LogP contribution >= 0.6 is 11.6 Å². The van der Waals surface area contributed by atoms with E-state index in [2.05, 4.69) is 0 Å². The van der Waals surface area contributed by atoms with Gasteiger partial charge in [-0.1, -0.05) is 48.0 Å². The summed E-state index contributed by atoms with van der Waals surface area (Å²) in [6, 6.07) is 21.6. The Morgan fingerprint density at radius 1 is 0.862 bits per heavy atom. The summed E-state index contributed by atoms with van der Waals surface area (Å²) in [6.07, 6.45) is 3.60. The number of para-hydroxylation sites is 1. The predicted molar refractivity (Wildman–Crippen MR) is 114 cm³/mol. The molecule has 144 valence electrons. The number of nitrogens with zero attached hydrogens (tertiary/aromatic N) is 3. The van der Waals surface area contributed by atoms with Crippen molar-refractivity contribution >= 4 is 28.5 Å². The maximum atomic E-state index is 14.2. The number of rotatable bonds is 3. The number of hydrazine groups is 1. The Kier molecular flexibility index (Phi) is 4.27. The molecule has 0 saturated heterocycles. The summed E-state index contributed by atoms with van der Waals surface area (Å²) in [5.74, 6) is -0.266. The van der Waals surface area contributed by atoms with Gasteiger partial charge in [-0.05, 0) is 36.4 Å². The highest BCUT2D eigenvalue weighted by Gasteiger charge is 2.30. The highest BCUT2D eigenvalue weighted by atomic mass is 35.5. The Balaban J connectivity index is 1.57. The number of fused-ring (bicyclic) bond motifs is 3. The van der Waals surface area contributed by atoms with Crippen LogP contribution in [0.5, 0.6) is 0 Å². The van der Waals surface area contributed by atoms with Gasteiger partial charge >= 0.3 is 0 Å². The zero-order valence-electron chi connectivity index (χ0n) is 15.3. The third kappa shape index (κ3) is 3.05. The van der Waals surface area contributed by atoms with Crippen LogP contribution in [0.2, 0.25) is 5.02 Å². The molecule has 6 heteroatoms. The molecule has 5 rings (SSSR count). The molecule has 0 saturated carbocycles. The highest BCUT2D eigenvalue weighted by molar-refractivity contribution is 6.30. The molecule has 0 unspecified atom stereocenters. The largest absolute Gasteiger partial charge is 0.738 e. The summed E-state index contributed by atoms with van der Waals surface area (Å²) in [6.45, 7) is 0.329. The van der Waals surface area contributed by atoms with Gasteiger partial charge in [0.1, 0.15) is 5.82 Å². The van der Waals surface area contributed by atoms with Crippen molar-refractivity contribution in [2.75, 3.05) is 9.91 Å². The van der Waals surface area contributed by atoms with Crippen LogP contribution in [0, 0.1) is 11.0 Å². The number of allylic oxidation sites excluding steroid dienone is 1. The van der Waals surface area contributed by atoms with E-state index in [-0.39, 0.29) is 5.82 Å². The zero-order chi connectivity index (χ0) is 20.0. The number of hydrogen-bond acceptors (Lipinski definition) is 4. The van der Waals surface area contributed by atoms with Gasteiger partial charge in [0.05, 0.1) is 17.9 Å². The van der Waals surface area contributed by atoms with Gasteiger partial charge in [0.2, 0.25) is 0 Å². The number of benzene rings is 3. The minimum Gasteiger partial charge on any atom is -0.738 e. The standard InChI is InChI=1S/C23H16ClFN3O/c24-17-9-11-18(12-10-17)27-14-20-19-6-2-4-8-22(19)26(15-23(20)28(27)29)13-16-5-1-3-7-21(16)25/h1-12,14-15H,13H2/q-1. The maximum Gasteiger partial charge on any atom is 0.128 e. The Hall–Kier alpha value is -3.28. The van der Waals surface area contributed by atoms with Crippen LogP contribution in [0.15, 0.2) is 90.9 Å². The average Bonchev–Trinajstić information content (AvgIpc) is 3.07. The molecule has 0 N–H and O–H groups in total. The average molecular weight is 405 g/mol. The lowest BCUT2D eigenvalue weighted by molar-refractivity contribution is 0.507. The fraction of sp³-hybridized carbons (Fsp3) is 0.0435. The van der Waals surface area contributed by atoms with Crippen molar-refractivity contribution in [1.29, 1.82) is 0 Å². The molecule has 29 heavy (non-hydrogen) atoms. The molecule has 0 amide bonds. The van der Waals surface area contributed by atoms with Gasteiger partial charge in [-0.2, -0.15) is 0 Å². The van der Waals surface area contributed by atoms with Gasteiger partial charge in [0.25, 0.3) is 0 Å². The first-order valence-electron chi connectivity index (χ1n) is 9.17. The molecule has 0 aliphatic carbocycles. The van der Waals surface area contributed by atoms with Gasteiger partial charge in [-0.15, -0.1) is 0 Å². The molecule has 3 aromatic rings. The molecule has 0 spiro atoms. The van der Waals surface area contributed by atoms with Crippen molar-refractivity contribution in [2.45, 2.75) is 6.54 Å². The van der Waals surface area contributed by atoms with E-state index in [0.29, 0.717) is 28.5 Å². The van der Waals surface area contributed by atoms with Crippen molar-refractivity contribution in [2.24, 2.45) is 0 Å². The van der Waals surface area contributed by atoms with Crippen molar-refractivity contribution in [3.05, 3.63) is 118 Å². The SMILES string of the molecule is [O-]N1C2=CN(Cc3ccccc3F)c3ccccc3C2=CN1c1ccc(Cl)cc1. The summed E-state index contributed by atoms with van der Waals surface area (Å²) in [5, 5.41) is 16.1. The fourth-order valence-corrected chi connectivity index (χ4v) is 3.80. The first kappa shape index (κ1) is 17.8. The number of hydroxylamine groups is 1. The van der Waals surface area contributed by atoms with Crippen LogP contribution in [0.1, 0.15) is 11.1 Å². The molecular formula is C23H16ClFN3O-. The fourth-order valence-electron chi connectivity index (χ4n) is 3.67. The van der Waals surface area contributed by atoms with E-state index >= 15 is 0 Å². The molecule has 0 bridgehead atoms. The van der Waals surface area contributed by atoms with Crippen LogP contribution in [-0.4, -0.2) is 5.17 Å². The monoisotopic (exact) mass is 404 g/mol. The smallest absolute Gasteiger partial charge is 0.128 e. The van der Waals surface area contributed by atoms with Gasteiger partial charge in [-0.3, -0.25) is 5.01 Å². The van der Waals surface area contributed by atoms with Crippen LogP contribution < -0.4 is 9.91 Å². The predicted octanol–water partition coefficient (Wildman–Crippen LogP) is 5.92. The molecular weight excluding hydrogens is 389 g/mol. The number of halogens is 2. The molecule has 2 aliphatic rings. The van der Waals surface area contributed by atoms with Crippen molar-refractivity contribution in [3.8, 4) is 0 Å². The Morgan fingerprint density at radius 2 is 1.59 bits per heavy atom. The summed E-state index contributed by atoms with van der Waals surface area (Å²) in [7, 11) is 0. The van der Waals surface area contributed by atoms with E-state index in [1.165, 1.54) is 6.07 Å². The van der Waals surface area contributed by atoms with Crippen molar-refractivity contribution in [1.82, 2.24) is 5.17 Å². The molecule has 0 aromatic heterocycles. The quantitative estimate of drug-likeness (QED) is 0.542. The van der Waals surface area contributed by atoms with E-state index < -0.39 is 0 Å². The summed E-state index contributed by atoms with van der Waals surface area (Å²) >= 11 is 5.98. The molecule has 3 aromatic carbocycles. The lowest BCUT2D eigenvalue weighted by atomic mass is 9.98. The normalized spacial score (nSPS) is 15.1. The van der Waals surface area contributed by atoms with Crippen molar-refractivity contribution in [3.63, 3.8) is 0 Å². The Labute approximate surface area is 172 Å². The molecule has 4 nitrogen and oxygen atoms in total. The van der Waals surface area contributed by atoms with Gasteiger partial charge in [0, 0.05) is 39.8 Å². The third-order valence-corrected chi connectivity index (χ3v) is 5.35. The van der Waals surface area contributed by atoms with Gasteiger partial charge in [0.15, 0.2) is 0 Å². The third-order valence-electron chi connectivity index (χ3n) is 5.10. The van der Waals surface area contributed by atoms with E-state index in [1.54, 1.807) is 47.6 Å². The highest BCUT2D eigenvalue weighted by Crippen LogP contribution is 2.44. The Morgan fingerprint density at radius 3 is 2.38 bits per heavy atom. The second-order valence-electron chi connectivity index (χ2n) is 6.89. The summed E-state index contributed by atoms with van der Waals surface area (Å²) in [4.78, 5) is 1.91. The van der Waals surface area contributed by atoms with Crippen LogP contribution in [0.4, 0.5) is 15.8 Å². The molecule has 2 aliphatic heterocycles. The molecule has 0 radical (unpaired) electrons. The Bertz CT molecular complexity index is 1140. The molecule has 2 heterocycles. The summed E-state index contributed by atoms with van der Waals surface area (Å²) < 4.78 is 14.2. The second-order valence-corrected chi connectivity index (χ2v) is 7.32. The van der Waals surface area contributed by atoms with E-state index in [0.717, 1.165) is 22.0 Å². The van der Waals surface area contributed by atoms with Gasteiger partial charge in [-0.25, -0.2) is 4.39 Å². The maximum absolute atomic E-state index is 14.2. The van der Waals surface area contributed by atoms with Crippen LogP contribution in [0.25, 0.3) is 5.57 Å². The second kappa shape index (κ2) is 6.95. The van der Waals surface area contributed by atoms with Crippen molar-refractivity contribution < 1.29 is 4.39 Å². The van der Waals surface area contributed by atoms with Gasteiger partial charge < -0.3 is 15.3 Å². The van der Waals surface area contributed by atoms with E-state index in [9.17, 15) is 9.60 Å². The molecule has 0 atom stereocenters. The minimum absolute atomic E-state index is 0.266. The first-order valence-corrected chi connectivity index (χ1v) is 9.55. The zero-order valence-corrected chi connectivity index (χ0v) is 16.1.